The number of hydrogen-bond donors (Lipinski definition) is 1. The van der Waals surface area contributed by atoms with E-state index in [1.54, 1.807) is 21.9 Å². The number of benzene rings is 2. The van der Waals surface area contributed by atoms with Crippen LogP contribution in [0.4, 0.5) is 20.6 Å². The zero-order chi connectivity index (χ0) is 20.4. The third-order valence-electron chi connectivity index (χ3n) is 5.33. The highest BCUT2D eigenvalue weighted by Crippen LogP contribution is 2.23. The van der Waals surface area contributed by atoms with Gasteiger partial charge in [0.2, 0.25) is 5.91 Å². The lowest BCUT2D eigenvalue weighted by Crippen LogP contribution is -2.53. The molecular weight excluding hydrogens is 395 g/mol. The second-order valence-corrected chi connectivity index (χ2v) is 7.72. The first-order chi connectivity index (χ1) is 14.0. The molecule has 4 rings (SSSR count). The molecule has 2 fully saturated rings. The number of nitrogens with one attached hydrogen (secondary N) is 1. The Kier molecular flexibility index (Phi) is 5.58. The largest absolute Gasteiger partial charge is 0.368 e. The van der Waals surface area contributed by atoms with Gasteiger partial charge in [-0.2, -0.15) is 0 Å². The Balaban J connectivity index is 1.30. The molecule has 0 bridgehead atoms. The van der Waals surface area contributed by atoms with Crippen LogP contribution in [0.25, 0.3) is 0 Å². The normalized spacial score (nSPS) is 19.6. The molecule has 1 atom stereocenters. The van der Waals surface area contributed by atoms with Crippen molar-refractivity contribution in [3.8, 4) is 0 Å². The quantitative estimate of drug-likeness (QED) is 0.836. The average Bonchev–Trinajstić information content (AvgIpc) is 3.08. The Labute approximate surface area is 173 Å². The fourth-order valence-electron chi connectivity index (χ4n) is 3.78. The summed E-state index contributed by atoms with van der Waals surface area (Å²) < 4.78 is 13.1. The zero-order valence-electron chi connectivity index (χ0n) is 15.9. The number of amides is 3. The van der Waals surface area contributed by atoms with Crippen molar-refractivity contribution >= 4 is 34.9 Å². The predicted molar refractivity (Wildman–Crippen MR) is 111 cm³/mol. The highest BCUT2D eigenvalue weighted by atomic mass is 35.5. The summed E-state index contributed by atoms with van der Waals surface area (Å²) >= 11 is 6.06. The standard InChI is InChI=1S/C21H22ClFN4O2/c22-15-2-1-3-19(12-15)25-8-10-26(11-9-25)21(29)24-17-13-20(28)27(14-17)18-6-4-16(23)5-7-18/h1-7,12,17H,8-11,13-14H2,(H,24,29)/t17-/m1/s1. The maximum Gasteiger partial charge on any atom is 0.317 e. The smallest absolute Gasteiger partial charge is 0.317 e. The van der Waals surface area contributed by atoms with Crippen LogP contribution < -0.4 is 15.1 Å². The van der Waals surface area contributed by atoms with Crippen LogP contribution in [0.2, 0.25) is 5.02 Å². The van der Waals surface area contributed by atoms with Crippen molar-refractivity contribution in [2.45, 2.75) is 12.5 Å². The number of halogens is 2. The molecule has 0 aromatic heterocycles. The minimum atomic E-state index is -0.345. The van der Waals surface area contributed by atoms with Crippen LogP contribution in [0, 0.1) is 5.82 Å². The van der Waals surface area contributed by atoms with Gasteiger partial charge in [-0.05, 0) is 42.5 Å². The lowest BCUT2D eigenvalue weighted by atomic mass is 10.2. The van der Waals surface area contributed by atoms with Crippen LogP contribution in [-0.4, -0.2) is 55.6 Å². The molecule has 0 aliphatic carbocycles. The Bertz CT molecular complexity index is 900. The Hall–Kier alpha value is -2.80. The van der Waals surface area contributed by atoms with Gasteiger partial charge in [-0.25, -0.2) is 9.18 Å². The highest BCUT2D eigenvalue weighted by molar-refractivity contribution is 6.30. The molecule has 2 heterocycles. The van der Waals surface area contributed by atoms with E-state index in [9.17, 15) is 14.0 Å². The highest BCUT2D eigenvalue weighted by Gasteiger charge is 2.33. The molecule has 2 aliphatic rings. The van der Waals surface area contributed by atoms with E-state index in [2.05, 4.69) is 10.2 Å². The molecule has 2 aliphatic heterocycles. The van der Waals surface area contributed by atoms with E-state index < -0.39 is 0 Å². The molecule has 6 nitrogen and oxygen atoms in total. The van der Waals surface area contributed by atoms with Gasteiger partial charge in [-0.1, -0.05) is 17.7 Å². The van der Waals surface area contributed by atoms with Crippen LogP contribution in [-0.2, 0) is 4.79 Å². The predicted octanol–water partition coefficient (Wildman–Crippen LogP) is 3.12. The Morgan fingerprint density at radius 3 is 2.45 bits per heavy atom. The van der Waals surface area contributed by atoms with Crippen molar-refractivity contribution in [1.82, 2.24) is 10.2 Å². The summed E-state index contributed by atoms with van der Waals surface area (Å²) in [5, 5.41) is 3.66. The second-order valence-electron chi connectivity index (χ2n) is 7.29. The fraction of sp³-hybridized carbons (Fsp3) is 0.333. The first kappa shape index (κ1) is 19.5. The van der Waals surface area contributed by atoms with Crippen molar-refractivity contribution in [1.29, 1.82) is 0 Å². The SMILES string of the molecule is O=C(N[C@@H]1CC(=O)N(c2ccc(F)cc2)C1)N1CCN(c2cccc(Cl)c2)CC1. The van der Waals surface area contributed by atoms with Crippen molar-refractivity contribution in [2.75, 3.05) is 42.5 Å². The molecule has 29 heavy (non-hydrogen) atoms. The maximum absolute atomic E-state index is 13.1. The third-order valence-corrected chi connectivity index (χ3v) is 5.57. The molecule has 3 amide bonds. The van der Waals surface area contributed by atoms with Crippen LogP contribution in [0.3, 0.4) is 0 Å². The van der Waals surface area contributed by atoms with Gasteiger partial charge in [0.05, 0.1) is 6.04 Å². The van der Waals surface area contributed by atoms with Crippen LogP contribution in [0.15, 0.2) is 48.5 Å². The number of hydrogen-bond acceptors (Lipinski definition) is 3. The number of urea groups is 1. The van der Waals surface area contributed by atoms with E-state index in [-0.39, 0.29) is 30.2 Å². The van der Waals surface area contributed by atoms with E-state index >= 15 is 0 Å². The number of carbonyl (C=O) groups is 2. The molecule has 0 unspecified atom stereocenters. The van der Waals surface area contributed by atoms with Gasteiger partial charge in [0.1, 0.15) is 5.82 Å². The molecule has 0 radical (unpaired) electrons. The molecule has 0 saturated carbocycles. The second kappa shape index (κ2) is 8.29. The average molecular weight is 417 g/mol. The Morgan fingerprint density at radius 2 is 1.76 bits per heavy atom. The van der Waals surface area contributed by atoms with Crippen molar-refractivity contribution in [2.24, 2.45) is 0 Å². The van der Waals surface area contributed by atoms with E-state index in [0.29, 0.717) is 30.3 Å². The first-order valence-electron chi connectivity index (χ1n) is 9.61. The lowest BCUT2D eigenvalue weighted by molar-refractivity contribution is -0.117. The topological polar surface area (TPSA) is 55.9 Å². The molecule has 2 saturated heterocycles. The van der Waals surface area contributed by atoms with E-state index in [1.165, 1.54) is 12.1 Å². The van der Waals surface area contributed by atoms with Crippen LogP contribution >= 0.6 is 11.6 Å². The number of piperazine rings is 1. The summed E-state index contributed by atoms with van der Waals surface area (Å²) in [5.41, 5.74) is 1.69. The van der Waals surface area contributed by atoms with Crippen molar-refractivity contribution in [3.63, 3.8) is 0 Å². The van der Waals surface area contributed by atoms with Gasteiger partial charge >= 0.3 is 6.03 Å². The Morgan fingerprint density at radius 1 is 1.03 bits per heavy atom. The van der Waals surface area contributed by atoms with Crippen molar-refractivity contribution < 1.29 is 14.0 Å². The first-order valence-corrected chi connectivity index (χ1v) is 9.99. The molecule has 1 N–H and O–H groups in total. The summed E-state index contributed by atoms with van der Waals surface area (Å²) in [6.45, 7) is 3.03. The number of nitrogens with zero attached hydrogens (tertiary/aromatic N) is 3. The fourth-order valence-corrected chi connectivity index (χ4v) is 3.97. The van der Waals surface area contributed by atoms with E-state index in [4.69, 9.17) is 11.6 Å². The van der Waals surface area contributed by atoms with Gasteiger partial charge in [0, 0.05) is 55.5 Å². The van der Waals surface area contributed by atoms with Gasteiger partial charge < -0.3 is 20.0 Å². The summed E-state index contributed by atoms with van der Waals surface area (Å²) in [7, 11) is 0. The summed E-state index contributed by atoms with van der Waals surface area (Å²) in [6.07, 6.45) is 0.242. The van der Waals surface area contributed by atoms with Crippen LogP contribution in [0.5, 0.6) is 0 Å². The number of carbonyl (C=O) groups excluding carboxylic acids is 2. The minimum Gasteiger partial charge on any atom is -0.368 e. The maximum atomic E-state index is 13.1. The molecule has 152 valence electrons. The van der Waals surface area contributed by atoms with E-state index in [0.717, 1.165) is 18.8 Å². The van der Waals surface area contributed by atoms with Gasteiger partial charge in [0.25, 0.3) is 0 Å². The summed E-state index contributed by atoms with van der Waals surface area (Å²) in [6, 6.07) is 13.1. The molecule has 2 aromatic carbocycles. The third kappa shape index (κ3) is 4.45. The lowest BCUT2D eigenvalue weighted by Gasteiger charge is -2.36. The summed E-state index contributed by atoms with van der Waals surface area (Å²) in [5.74, 6) is -0.421. The minimum absolute atomic E-state index is 0.0762. The molecule has 8 heteroatoms. The van der Waals surface area contributed by atoms with Crippen LogP contribution in [0.1, 0.15) is 6.42 Å². The van der Waals surface area contributed by atoms with Gasteiger partial charge in [-0.15, -0.1) is 0 Å². The number of anilines is 2. The van der Waals surface area contributed by atoms with Gasteiger partial charge in [-0.3, -0.25) is 4.79 Å². The summed E-state index contributed by atoms with van der Waals surface area (Å²) in [4.78, 5) is 30.5. The molecular formula is C21H22ClFN4O2. The van der Waals surface area contributed by atoms with Gasteiger partial charge in [0.15, 0.2) is 0 Å². The van der Waals surface area contributed by atoms with Crippen molar-refractivity contribution in [3.05, 3.63) is 59.4 Å². The molecule has 2 aromatic rings. The zero-order valence-corrected chi connectivity index (χ0v) is 16.6. The van der Waals surface area contributed by atoms with E-state index in [1.807, 2.05) is 24.3 Å². The number of rotatable bonds is 3. The molecule has 0 spiro atoms. The monoisotopic (exact) mass is 416 g/mol.